The number of likely N-dealkylation sites (tertiary alicyclic amines) is 1. The van der Waals surface area contributed by atoms with Crippen molar-refractivity contribution < 1.29 is 14.2 Å². The van der Waals surface area contributed by atoms with E-state index in [1.807, 2.05) is 18.2 Å². The molecule has 0 aromatic heterocycles. The van der Waals surface area contributed by atoms with Gasteiger partial charge in [-0.05, 0) is 73.7 Å². The van der Waals surface area contributed by atoms with Crippen LogP contribution in [-0.2, 0) is 13.0 Å². The monoisotopic (exact) mass is 414 g/mol. The number of hydrogen-bond donors (Lipinski definition) is 1. The maximum atomic E-state index is 13.4. The number of hydrogen-bond acceptors (Lipinski definition) is 4. The van der Waals surface area contributed by atoms with Crippen LogP contribution in [0.3, 0.4) is 0 Å². The maximum Gasteiger partial charge on any atom is 0.123 e. The summed E-state index contributed by atoms with van der Waals surface area (Å²) in [4.78, 5) is 5.06. The molecule has 4 nitrogen and oxygen atoms in total. The maximum absolute atomic E-state index is 13.4. The Morgan fingerprint density at radius 1 is 1.17 bits per heavy atom. The molecule has 0 saturated carbocycles. The molecule has 30 heavy (non-hydrogen) atoms. The fraction of sp³-hybridized carbons (Fsp3) is 0.520. The smallest absolute Gasteiger partial charge is 0.123 e. The van der Waals surface area contributed by atoms with E-state index in [1.165, 1.54) is 24.5 Å². The van der Waals surface area contributed by atoms with Crippen LogP contribution in [0.15, 0.2) is 48.5 Å². The predicted octanol–water partition coefficient (Wildman–Crippen LogP) is 3.97. The zero-order valence-electron chi connectivity index (χ0n) is 18.1. The van der Waals surface area contributed by atoms with Gasteiger partial charge in [-0.2, -0.15) is 0 Å². The number of nitrogens with zero attached hydrogens (tertiary/aromatic N) is 2. The Hall–Kier alpha value is -1.95. The Bertz CT molecular complexity index is 753. The molecule has 0 spiro atoms. The third-order valence-corrected chi connectivity index (χ3v) is 5.86. The van der Waals surface area contributed by atoms with Gasteiger partial charge in [0.25, 0.3) is 0 Å². The molecule has 2 aromatic rings. The molecular weight excluding hydrogens is 379 g/mol. The van der Waals surface area contributed by atoms with Crippen LogP contribution in [0.5, 0.6) is 5.75 Å². The number of ether oxygens (including phenoxy) is 1. The normalized spacial score (nSPS) is 17.4. The van der Waals surface area contributed by atoms with Crippen LogP contribution in [-0.4, -0.2) is 60.8 Å². The Morgan fingerprint density at radius 3 is 2.73 bits per heavy atom. The van der Waals surface area contributed by atoms with Crippen LogP contribution >= 0.6 is 0 Å². The molecule has 1 atom stereocenters. The molecule has 3 rings (SSSR count). The van der Waals surface area contributed by atoms with Gasteiger partial charge in [0.15, 0.2) is 0 Å². The Kier molecular flexibility index (Phi) is 9.12. The van der Waals surface area contributed by atoms with Crippen molar-refractivity contribution in [1.29, 1.82) is 0 Å². The van der Waals surface area contributed by atoms with Crippen molar-refractivity contribution in [3.8, 4) is 5.75 Å². The molecule has 2 aromatic carbocycles. The lowest BCUT2D eigenvalue weighted by molar-refractivity contribution is 0.133. The molecule has 164 valence electrons. The molecule has 1 aliphatic heterocycles. The summed E-state index contributed by atoms with van der Waals surface area (Å²) in [7, 11) is 0. The van der Waals surface area contributed by atoms with Crippen molar-refractivity contribution >= 4 is 0 Å². The zero-order valence-corrected chi connectivity index (χ0v) is 18.1. The van der Waals surface area contributed by atoms with Crippen LogP contribution in [0, 0.1) is 11.7 Å². The van der Waals surface area contributed by atoms with E-state index in [2.05, 4.69) is 28.9 Å². The fourth-order valence-electron chi connectivity index (χ4n) is 4.27. The van der Waals surface area contributed by atoms with Crippen LogP contribution in [0.2, 0.25) is 0 Å². The van der Waals surface area contributed by atoms with E-state index < -0.39 is 0 Å². The molecule has 1 N–H and O–H groups in total. The minimum atomic E-state index is -0.143. The van der Waals surface area contributed by atoms with Crippen molar-refractivity contribution in [3.63, 3.8) is 0 Å². The van der Waals surface area contributed by atoms with E-state index in [9.17, 15) is 4.39 Å². The number of rotatable bonds is 11. The van der Waals surface area contributed by atoms with Gasteiger partial charge in [0.1, 0.15) is 18.2 Å². The largest absolute Gasteiger partial charge is 0.491 e. The summed E-state index contributed by atoms with van der Waals surface area (Å²) in [5, 5.41) is 8.86. The highest BCUT2D eigenvalue weighted by Gasteiger charge is 2.21. The lowest BCUT2D eigenvalue weighted by Gasteiger charge is -2.35. The minimum absolute atomic E-state index is 0.0337. The van der Waals surface area contributed by atoms with Crippen LogP contribution < -0.4 is 4.74 Å². The molecule has 1 unspecified atom stereocenters. The van der Waals surface area contributed by atoms with Crippen molar-refractivity contribution in [2.75, 3.05) is 45.9 Å². The predicted molar refractivity (Wildman–Crippen MR) is 119 cm³/mol. The lowest BCUT2D eigenvalue weighted by Crippen LogP contribution is -2.41. The third-order valence-electron chi connectivity index (χ3n) is 5.86. The standard InChI is InChI=1S/C25H35FN2O2/c1-2-27(18-22-8-10-25(11-9-22)30-16-15-29)19-23-6-4-13-28(20-23)14-12-21-5-3-7-24(26)17-21/h3,5,7-11,17,23,29H,2,4,6,12-16,18-20H2,1H3. The molecule has 0 aliphatic carbocycles. The summed E-state index contributed by atoms with van der Waals surface area (Å²) in [6, 6.07) is 15.2. The number of aliphatic hydroxyl groups excluding tert-OH is 1. The van der Waals surface area contributed by atoms with Crippen molar-refractivity contribution in [2.45, 2.75) is 32.7 Å². The molecular formula is C25H35FN2O2. The minimum Gasteiger partial charge on any atom is -0.491 e. The second-order valence-corrected chi connectivity index (χ2v) is 8.23. The van der Waals surface area contributed by atoms with Crippen molar-refractivity contribution in [1.82, 2.24) is 9.80 Å². The average Bonchev–Trinajstić information content (AvgIpc) is 2.77. The summed E-state index contributed by atoms with van der Waals surface area (Å²) in [5.41, 5.74) is 2.37. The van der Waals surface area contributed by atoms with E-state index >= 15 is 0 Å². The first-order valence-corrected chi connectivity index (χ1v) is 11.2. The van der Waals surface area contributed by atoms with E-state index in [0.717, 1.165) is 57.0 Å². The number of halogens is 1. The summed E-state index contributed by atoms with van der Waals surface area (Å²) >= 11 is 0. The van der Waals surface area contributed by atoms with Crippen LogP contribution in [0.1, 0.15) is 30.9 Å². The fourth-order valence-corrected chi connectivity index (χ4v) is 4.27. The lowest BCUT2D eigenvalue weighted by atomic mass is 9.96. The van der Waals surface area contributed by atoms with Gasteiger partial charge in [-0.3, -0.25) is 4.90 Å². The van der Waals surface area contributed by atoms with Gasteiger partial charge in [-0.1, -0.05) is 31.2 Å². The summed E-state index contributed by atoms with van der Waals surface area (Å²) < 4.78 is 18.8. The van der Waals surface area contributed by atoms with Gasteiger partial charge in [0.05, 0.1) is 6.61 Å². The summed E-state index contributed by atoms with van der Waals surface area (Å²) in [5.74, 6) is 1.34. The topological polar surface area (TPSA) is 35.9 Å². The van der Waals surface area contributed by atoms with Gasteiger partial charge in [-0.15, -0.1) is 0 Å². The van der Waals surface area contributed by atoms with Gasteiger partial charge in [0, 0.05) is 26.2 Å². The van der Waals surface area contributed by atoms with Gasteiger partial charge in [0.2, 0.25) is 0 Å². The molecule has 0 amide bonds. The van der Waals surface area contributed by atoms with Crippen molar-refractivity contribution in [3.05, 3.63) is 65.5 Å². The summed E-state index contributed by atoms with van der Waals surface area (Å²) in [6.07, 6.45) is 3.43. The van der Waals surface area contributed by atoms with E-state index in [1.54, 1.807) is 12.1 Å². The third kappa shape index (κ3) is 7.38. The molecule has 1 aliphatic rings. The van der Waals surface area contributed by atoms with E-state index in [-0.39, 0.29) is 12.4 Å². The Morgan fingerprint density at radius 2 is 2.00 bits per heavy atom. The number of piperidine rings is 1. The molecule has 1 saturated heterocycles. The van der Waals surface area contributed by atoms with E-state index in [4.69, 9.17) is 9.84 Å². The molecule has 0 radical (unpaired) electrons. The van der Waals surface area contributed by atoms with Crippen LogP contribution in [0.25, 0.3) is 0 Å². The molecule has 1 heterocycles. The Balaban J connectivity index is 1.46. The zero-order chi connectivity index (χ0) is 21.2. The number of aliphatic hydroxyl groups is 1. The van der Waals surface area contributed by atoms with Crippen molar-refractivity contribution in [2.24, 2.45) is 5.92 Å². The first kappa shape index (κ1) is 22.7. The highest BCUT2D eigenvalue weighted by molar-refractivity contribution is 5.27. The first-order chi connectivity index (χ1) is 14.7. The second-order valence-electron chi connectivity index (χ2n) is 8.23. The molecule has 0 bridgehead atoms. The first-order valence-electron chi connectivity index (χ1n) is 11.2. The summed E-state index contributed by atoms with van der Waals surface area (Å²) in [6.45, 7) is 8.94. The second kappa shape index (κ2) is 12.0. The SMILES string of the molecule is CCN(Cc1ccc(OCCO)cc1)CC1CCCN(CCc2cccc(F)c2)C1. The van der Waals surface area contributed by atoms with Gasteiger partial charge >= 0.3 is 0 Å². The van der Waals surface area contributed by atoms with E-state index in [0.29, 0.717) is 12.5 Å². The molecule has 5 heteroatoms. The average molecular weight is 415 g/mol. The number of benzene rings is 2. The Labute approximate surface area is 180 Å². The van der Waals surface area contributed by atoms with Gasteiger partial charge < -0.3 is 14.7 Å². The molecule has 1 fully saturated rings. The quantitative estimate of drug-likeness (QED) is 0.604. The van der Waals surface area contributed by atoms with Crippen LogP contribution in [0.4, 0.5) is 4.39 Å². The van der Waals surface area contributed by atoms with Gasteiger partial charge in [-0.25, -0.2) is 4.39 Å². The highest BCUT2D eigenvalue weighted by atomic mass is 19.1. The highest BCUT2D eigenvalue weighted by Crippen LogP contribution is 2.20.